The van der Waals surface area contributed by atoms with Crippen molar-refractivity contribution in [2.45, 2.75) is 19.3 Å². The summed E-state index contributed by atoms with van der Waals surface area (Å²) in [6.45, 7) is 2.35. The molecule has 1 atom stereocenters. The molecule has 1 aromatic carbocycles. The number of halogens is 2. The van der Waals surface area contributed by atoms with Gasteiger partial charge in [0.1, 0.15) is 0 Å². The van der Waals surface area contributed by atoms with Gasteiger partial charge in [0.25, 0.3) is 0 Å². The van der Waals surface area contributed by atoms with E-state index >= 15 is 0 Å². The van der Waals surface area contributed by atoms with Gasteiger partial charge in [0.05, 0.1) is 0 Å². The molecule has 1 saturated heterocycles. The summed E-state index contributed by atoms with van der Waals surface area (Å²) in [5.74, 6) is 0.794. The van der Waals surface area contributed by atoms with Crippen molar-refractivity contribution in [2.24, 2.45) is 5.92 Å². The van der Waals surface area contributed by atoms with Gasteiger partial charge in [0.15, 0.2) is 0 Å². The first-order chi connectivity index (χ1) is 6.84. The lowest BCUT2D eigenvalue weighted by molar-refractivity contribution is 0.376. The van der Waals surface area contributed by atoms with Crippen LogP contribution < -0.4 is 5.32 Å². The Hall–Kier alpha value is -0.240. The monoisotopic (exact) mass is 245 g/mol. The van der Waals surface area contributed by atoms with Crippen LogP contribution in [0.4, 0.5) is 0 Å². The fourth-order valence-electron chi connectivity index (χ4n) is 2.10. The molecule has 1 N–H and O–H groups in total. The molecule has 2 rings (SSSR count). The van der Waals surface area contributed by atoms with Crippen LogP contribution in [-0.4, -0.2) is 13.1 Å². The van der Waals surface area contributed by atoms with Crippen molar-refractivity contribution in [3.63, 3.8) is 0 Å². The molecule has 1 aliphatic heterocycles. The average Bonchev–Trinajstić information content (AvgIpc) is 2.19. The molecule has 1 fully saturated rings. The van der Waals surface area contributed by atoms with Crippen molar-refractivity contribution in [1.29, 1.82) is 0 Å². The van der Waals surface area contributed by atoms with Gasteiger partial charge in [0, 0.05) is 5.02 Å². The molecule has 3 heteroatoms. The molecule has 0 radical (unpaired) electrons. The van der Waals surface area contributed by atoms with Gasteiger partial charge < -0.3 is 5.32 Å². The van der Waals surface area contributed by atoms with E-state index in [4.69, 9.17) is 11.6 Å². The minimum atomic E-state index is 0. The second-order valence-electron chi connectivity index (χ2n) is 4.05. The van der Waals surface area contributed by atoms with E-state index in [0.717, 1.165) is 23.9 Å². The van der Waals surface area contributed by atoms with E-state index in [1.165, 1.54) is 24.9 Å². The SMILES string of the molecule is Cl.Clc1cccc(CC2CCCNC2)c1. The summed E-state index contributed by atoms with van der Waals surface area (Å²) in [4.78, 5) is 0. The van der Waals surface area contributed by atoms with Gasteiger partial charge in [-0.25, -0.2) is 0 Å². The van der Waals surface area contributed by atoms with Crippen molar-refractivity contribution in [3.8, 4) is 0 Å². The van der Waals surface area contributed by atoms with Gasteiger partial charge >= 0.3 is 0 Å². The molecule has 1 aliphatic rings. The number of nitrogens with one attached hydrogen (secondary N) is 1. The summed E-state index contributed by atoms with van der Waals surface area (Å²) in [5, 5.41) is 4.29. The van der Waals surface area contributed by atoms with Crippen LogP contribution in [0.15, 0.2) is 24.3 Å². The number of piperidine rings is 1. The molecule has 0 bridgehead atoms. The smallest absolute Gasteiger partial charge is 0.0408 e. The second kappa shape index (κ2) is 6.37. The Balaban J connectivity index is 0.00000112. The Morgan fingerprint density at radius 2 is 2.27 bits per heavy atom. The highest BCUT2D eigenvalue weighted by atomic mass is 35.5. The molecule has 0 saturated carbocycles. The molecule has 0 aliphatic carbocycles. The topological polar surface area (TPSA) is 12.0 Å². The summed E-state index contributed by atoms with van der Waals surface area (Å²) < 4.78 is 0. The third kappa shape index (κ3) is 4.02. The van der Waals surface area contributed by atoms with E-state index < -0.39 is 0 Å². The lowest BCUT2D eigenvalue weighted by Gasteiger charge is -2.22. The minimum Gasteiger partial charge on any atom is -0.316 e. The molecule has 1 nitrogen and oxygen atoms in total. The lowest BCUT2D eigenvalue weighted by Crippen LogP contribution is -2.30. The molecule has 0 spiro atoms. The second-order valence-corrected chi connectivity index (χ2v) is 4.48. The maximum Gasteiger partial charge on any atom is 0.0408 e. The van der Waals surface area contributed by atoms with E-state index in [0.29, 0.717) is 0 Å². The van der Waals surface area contributed by atoms with Crippen molar-refractivity contribution in [2.75, 3.05) is 13.1 Å². The quantitative estimate of drug-likeness (QED) is 0.844. The molecule has 84 valence electrons. The normalized spacial score (nSPS) is 20.7. The molecular weight excluding hydrogens is 229 g/mol. The van der Waals surface area contributed by atoms with Crippen LogP contribution in [0.2, 0.25) is 5.02 Å². The van der Waals surface area contributed by atoms with Gasteiger partial charge in [-0.2, -0.15) is 0 Å². The number of hydrogen-bond donors (Lipinski definition) is 1. The standard InChI is InChI=1S/C12H16ClN.ClH/c13-12-5-1-3-10(8-12)7-11-4-2-6-14-9-11;/h1,3,5,8,11,14H,2,4,6-7,9H2;1H. The molecule has 1 unspecified atom stereocenters. The molecular formula is C12H17Cl2N. The Labute approximate surface area is 103 Å². The van der Waals surface area contributed by atoms with E-state index in [2.05, 4.69) is 17.4 Å². The molecule has 0 amide bonds. The maximum atomic E-state index is 5.95. The van der Waals surface area contributed by atoms with E-state index in [1.54, 1.807) is 0 Å². The molecule has 0 aromatic heterocycles. The van der Waals surface area contributed by atoms with Crippen molar-refractivity contribution >= 4 is 24.0 Å². The first-order valence-corrected chi connectivity index (χ1v) is 5.67. The first kappa shape index (κ1) is 12.8. The van der Waals surface area contributed by atoms with Crippen LogP contribution in [0.5, 0.6) is 0 Å². The van der Waals surface area contributed by atoms with Crippen molar-refractivity contribution in [3.05, 3.63) is 34.9 Å². The molecule has 1 aromatic rings. The summed E-state index contributed by atoms with van der Waals surface area (Å²) in [7, 11) is 0. The van der Waals surface area contributed by atoms with E-state index in [1.807, 2.05) is 12.1 Å². The zero-order valence-electron chi connectivity index (χ0n) is 8.71. The van der Waals surface area contributed by atoms with Crippen molar-refractivity contribution in [1.82, 2.24) is 5.32 Å². The Kier molecular flexibility index (Phi) is 5.44. The fraction of sp³-hybridized carbons (Fsp3) is 0.500. The maximum absolute atomic E-state index is 5.95. The predicted octanol–water partition coefficient (Wildman–Crippen LogP) is 3.30. The zero-order chi connectivity index (χ0) is 9.80. The summed E-state index contributed by atoms with van der Waals surface area (Å²) in [6.07, 6.45) is 3.82. The predicted molar refractivity (Wildman–Crippen MR) is 68.0 cm³/mol. The largest absolute Gasteiger partial charge is 0.316 e. The zero-order valence-corrected chi connectivity index (χ0v) is 10.3. The van der Waals surface area contributed by atoms with Crippen LogP contribution in [0, 0.1) is 5.92 Å². The Morgan fingerprint density at radius 3 is 2.93 bits per heavy atom. The summed E-state index contributed by atoms with van der Waals surface area (Å²) in [6, 6.07) is 8.22. The van der Waals surface area contributed by atoms with Crippen LogP contribution in [0.25, 0.3) is 0 Å². The highest BCUT2D eigenvalue weighted by molar-refractivity contribution is 6.30. The van der Waals surface area contributed by atoms with Crippen LogP contribution in [-0.2, 0) is 6.42 Å². The first-order valence-electron chi connectivity index (χ1n) is 5.30. The van der Waals surface area contributed by atoms with Gasteiger partial charge in [-0.15, -0.1) is 12.4 Å². The minimum absolute atomic E-state index is 0. The summed E-state index contributed by atoms with van der Waals surface area (Å²) in [5.41, 5.74) is 1.37. The number of rotatable bonds is 2. The van der Waals surface area contributed by atoms with Gasteiger partial charge in [0.2, 0.25) is 0 Å². The Morgan fingerprint density at radius 1 is 1.40 bits per heavy atom. The highest BCUT2D eigenvalue weighted by Gasteiger charge is 2.13. The summed E-state index contributed by atoms with van der Waals surface area (Å²) >= 11 is 5.95. The van der Waals surface area contributed by atoms with Crippen LogP contribution in [0.3, 0.4) is 0 Å². The average molecular weight is 246 g/mol. The third-order valence-electron chi connectivity index (χ3n) is 2.81. The fourth-order valence-corrected chi connectivity index (χ4v) is 2.31. The van der Waals surface area contributed by atoms with E-state index in [-0.39, 0.29) is 12.4 Å². The molecule has 15 heavy (non-hydrogen) atoms. The molecule has 1 heterocycles. The van der Waals surface area contributed by atoms with Crippen LogP contribution >= 0.6 is 24.0 Å². The number of hydrogen-bond acceptors (Lipinski definition) is 1. The van der Waals surface area contributed by atoms with E-state index in [9.17, 15) is 0 Å². The van der Waals surface area contributed by atoms with Gasteiger partial charge in [-0.05, 0) is 56.0 Å². The highest BCUT2D eigenvalue weighted by Crippen LogP contribution is 2.18. The Bertz CT molecular complexity index is 295. The number of benzene rings is 1. The third-order valence-corrected chi connectivity index (χ3v) is 3.05. The van der Waals surface area contributed by atoms with Crippen LogP contribution in [0.1, 0.15) is 18.4 Å². The van der Waals surface area contributed by atoms with Crippen molar-refractivity contribution < 1.29 is 0 Å². The lowest BCUT2D eigenvalue weighted by atomic mass is 9.92. The van der Waals surface area contributed by atoms with Gasteiger partial charge in [-0.1, -0.05) is 23.7 Å². The van der Waals surface area contributed by atoms with Gasteiger partial charge in [-0.3, -0.25) is 0 Å².